The van der Waals surface area contributed by atoms with Gasteiger partial charge in [0.2, 0.25) is 0 Å². The van der Waals surface area contributed by atoms with Crippen molar-refractivity contribution in [2.45, 2.75) is 13.3 Å². The first-order valence-electron chi connectivity index (χ1n) is 4.70. The Labute approximate surface area is 89.7 Å². The predicted molar refractivity (Wildman–Crippen MR) is 56.3 cm³/mol. The number of non-ortho nitro benzene ring substituents is 1. The van der Waals surface area contributed by atoms with E-state index in [1.807, 2.05) is 0 Å². The molecule has 1 heterocycles. The Hall–Kier alpha value is -2.24. The van der Waals surface area contributed by atoms with Crippen molar-refractivity contribution in [1.82, 2.24) is 4.98 Å². The lowest BCUT2D eigenvalue weighted by Crippen LogP contribution is -2.04. The first-order chi connectivity index (χ1) is 7.61. The lowest BCUT2D eigenvalue weighted by molar-refractivity contribution is -0.384. The van der Waals surface area contributed by atoms with Gasteiger partial charge in [-0.25, -0.2) is 9.78 Å². The standard InChI is InChI=1S/C10H8N2O4/c1-2-9-11-8-5-6(12(14)15)3-4-7(8)10(13)16-9/h3-5H,2H2,1H3. The third-order valence-electron chi connectivity index (χ3n) is 2.17. The van der Waals surface area contributed by atoms with Crippen molar-refractivity contribution < 1.29 is 9.34 Å². The van der Waals surface area contributed by atoms with E-state index in [4.69, 9.17) is 4.42 Å². The van der Waals surface area contributed by atoms with Crippen LogP contribution in [-0.2, 0) is 6.42 Å². The topological polar surface area (TPSA) is 86.2 Å². The first-order valence-corrected chi connectivity index (χ1v) is 4.70. The molecule has 82 valence electrons. The van der Waals surface area contributed by atoms with Crippen molar-refractivity contribution in [3.63, 3.8) is 0 Å². The second-order valence-electron chi connectivity index (χ2n) is 3.21. The average Bonchev–Trinajstić information content (AvgIpc) is 2.28. The van der Waals surface area contributed by atoms with E-state index in [-0.39, 0.29) is 17.0 Å². The SMILES string of the molecule is CCc1nc2cc([N+](=O)[O-])ccc2c(=O)o1. The lowest BCUT2D eigenvalue weighted by Gasteiger charge is -1.98. The van der Waals surface area contributed by atoms with Crippen LogP contribution in [0.3, 0.4) is 0 Å². The van der Waals surface area contributed by atoms with Crippen LogP contribution in [0.15, 0.2) is 27.4 Å². The summed E-state index contributed by atoms with van der Waals surface area (Å²) < 4.78 is 4.90. The maximum absolute atomic E-state index is 11.5. The maximum Gasteiger partial charge on any atom is 0.346 e. The number of hydrogen-bond donors (Lipinski definition) is 0. The van der Waals surface area contributed by atoms with Gasteiger partial charge in [-0.05, 0) is 6.07 Å². The van der Waals surface area contributed by atoms with Gasteiger partial charge in [-0.15, -0.1) is 0 Å². The molecule has 6 nitrogen and oxygen atoms in total. The van der Waals surface area contributed by atoms with Crippen LogP contribution >= 0.6 is 0 Å². The normalized spacial score (nSPS) is 10.6. The van der Waals surface area contributed by atoms with E-state index < -0.39 is 10.5 Å². The fourth-order valence-electron chi connectivity index (χ4n) is 1.37. The molecule has 1 aromatic heterocycles. The summed E-state index contributed by atoms with van der Waals surface area (Å²) in [5.74, 6) is 0.276. The van der Waals surface area contributed by atoms with Gasteiger partial charge in [0.05, 0.1) is 15.8 Å². The fraction of sp³-hybridized carbons (Fsp3) is 0.200. The largest absolute Gasteiger partial charge is 0.408 e. The molecule has 0 aliphatic heterocycles. The Morgan fingerprint density at radius 3 is 2.88 bits per heavy atom. The minimum atomic E-state index is -0.526. The molecule has 0 fully saturated rings. The highest BCUT2D eigenvalue weighted by Gasteiger charge is 2.10. The zero-order valence-corrected chi connectivity index (χ0v) is 8.47. The highest BCUT2D eigenvalue weighted by Crippen LogP contribution is 2.17. The summed E-state index contributed by atoms with van der Waals surface area (Å²) in [6.45, 7) is 1.79. The van der Waals surface area contributed by atoms with Gasteiger partial charge in [0.25, 0.3) is 5.69 Å². The van der Waals surface area contributed by atoms with Crippen molar-refractivity contribution in [2.75, 3.05) is 0 Å². The smallest absolute Gasteiger partial charge is 0.346 e. The predicted octanol–water partition coefficient (Wildman–Crippen LogP) is 1.66. The zero-order valence-electron chi connectivity index (χ0n) is 8.47. The Balaban J connectivity index is 2.76. The second-order valence-corrected chi connectivity index (χ2v) is 3.21. The van der Waals surface area contributed by atoms with Crippen LogP contribution in [0, 0.1) is 10.1 Å². The van der Waals surface area contributed by atoms with Crippen LogP contribution in [0.2, 0.25) is 0 Å². The fourth-order valence-corrected chi connectivity index (χ4v) is 1.37. The Kier molecular flexibility index (Phi) is 2.40. The molecule has 0 aliphatic rings. The van der Waals surface area contributed by atoms with Crippen molar-refractivity contribution >= 4 is 16.6 Å². The third kappa shape index (κ3) is 1.65. The molecule has 2 aromatic rings. The molecule has 16 heavy (non-hydrogen) atoms. The van der Waals surface area contributed by atoms with Crippen LogP contribution in [0.25, 0.3) is 10.9 Å². The second kappa shape index (κ2) is 3.73. The number of nitro groups is 1. The van der Waals surface area contributed by atoms with Gasteiger partial charge < -0.3 is 4.42 Å². The van der Waals surface area contributed by atoms with Gasteiger partial charge in [-0.1, -0.05) is 6.92 Å². The maximum atomic E-state index is 11.5. The van der Waals surface area contributed by atoms with Crippen LogP contribution < -0.4 is 5.63 Å². The zero-order chi connectivity index (χ0) is 11.7. The number of hydrogen-bond acceptors (Lipinski definition) is 5. The summed E-state index contributed by atoms with van der Waals surface area (Å²) >= 11 is 0. The van der Waals surface area contributed by atoms with E-state index in [0.717, 1.165) is 0 Å². The van der Waals surface area contributed by atoms with Crippen LogP contribution in [-0.4, -0.2) is 9.91 Å². The molecule has 1 aromatic carbocycles. The Morgan fingerprint density at radius 2 is 2.25 bits per heavy atom. The number of rotatable bonds is 2. The average molecular weight is 220 g/mol. The summed E-state index contributed by atoms with van der Waals surface area (Å²) in [7, 11) is 0. The molecule has 0 radical (unpaired) electrons. The third-order valence-corrected chi connectivity index (χ3v) is 2.17. The summed E-state index contributed by atoms with van der Waals surface area (Å²) in [6, 6.07) is 3.88. The Bertz CT molecular complexity index is 618. The number of aromatic nitrogens is 1. The molecule has 0 atom stereocenters. The number of fused-ring (bicyclic) bond motifs is 1. The van der Waals surface area contributed by atoms with Gasteiger partial charge >= 0.3 is 5.63 Å². The van der Waals surface area contributed by atoms with Crippen molar-refractivity contribution in [2.24, 2.45) is 0 Å². The van der Waals surface area contributed by atoms with Crippen LogP contribution in [0.1, 0.15) is 12.8 Å². The summed E-state index contributed by atoms with van der Waals surface area (Å²) in [6.07, 6.45) is 0.466. The number of nitro benzene ring substituents is 1. The van der Waals surface area contributed by atoms with Gasteiger partial charge in [0, 0.05) is 18.6 Å². The van der Waals surface area contributed by atoms with E-state index in [1.165, 1.54) is 18.2 Å². The first kappa shape index (κ1) is 10.3. The number of nitrogens with zero attached hydrogens (tertiary/aromatic N) is 2. The molecule has 0 bridgehead atoms. The van der Waals surface area contributed by atoms with Gasteiger partial charge in [0.15, 0.2) is 5.89 Å². The molecule has 0 saturated carbocycles. The summed E-state index contributed by atoms with van der Waals surface area (Å²) in [5, 5.41) is 10.8. The molecular formula is C10H8N2O4. The molecule has 0 amide bonds. The van der Waals surface area contributed by atoms with Crippen molar-refractivity contribution in [1.29, 1.82) is 0 Å². The quantitative estimate of drug-likeness (QED) is 0.567. The summed E-state index contributed by atoms with van der Waals surface area (Å²) in [4.78, 5) is 25.5. The van der Waals surface area contributed by atoms with Crippen molar-refractivity contribution in [3.8, 4) is 0 Å². The highest BCUT2D eigenvalue weighted by atomic mass is 16.6. The van der Waals surface area contributed by atoms with Gasteiger partial charge in [-0.2, -0.15) is 0 Å². The number of benzene rings is 1. The van der Waals surface area contributed by atoms with Crippen LogP contribution in [0.4, 0.5) is 5.69 Å². The lowest BCUT2D eigenvalue weighted by atomic mass is 10.2. The van der Waals surface area contributed by atoms with E-state index in [1.54, 1.807) is 6.92 Å². The molecule has 6 heteroatoms. The molecule has 0 saturated heterocycles. The van der Waals surface area contributed by atoms with E-state index >= 15 is 0 Å². The summed E-state index contributed by atoms with van der Waals surface area (Å²) in [5.41, 5.74) is -0.313. The molecule has 2 rings (SSSR count). The van der Waals surface area contributed by atoms with Crippen molar-refractivity contribution in [3.05, 3.63) is 44.6 Å². The van der Waals surface area contributed by atoms with E-state index in [9.17, 15) is 14.9 Å². The van der Waals surface area contributed by atoms with Gasteiger partial charge in [-0.3, -0.25) is 10.1 Å². The molecule has 0 unspecified atom stereocenters. The highest BCUT2D eigenvalue weighted by molar-refractivity contribution is 5.79. The van der Waals surface area contributed by atoms with E-state index in [0.29, 0.717) is 11.9 Å². The molecular weight excluding hydrogens is 212 g/mol. The molecule has 0 aliphatic carbocycles. The minimum Gasteiger partial charge on any atom is -0.408 e. The van der Waals surface area contributed by atoms with E-state index in [2.05, 4.69) is 4.98 Å². The number of aryl methyl sites for hydroxylation is 1. The molecule has 0 spiro atoms. The molecule has 0 N–H and O–H groups in total. The minimum absolute atomic E-state index is 0.0901. The van der Waals surface area contributed by atoms with Crippen LogP contribution in [0.5, 0.6) is 0 Å². The van der Waals surface area contributed by atoms with Gasteiger partial charge in [0.1, 0.15) is 0 Å². The monoisotopic (exact) mass is 220 g/mol. The Morgan fingerprint density at radius 1 is 1.50 bits per heavy atom.